The number of sulfonamides is 1. The Bertz CT molecular complexity index is 577. The van der Waals surface area contributed by atoms with Crippen molar-refractivity contribution < 1.29 is 8.42 Å². The van der Waals surface area contributed by atoms with Gasteiger partial charge in [0.15, 0.2) is 0 Å². The molecule has 6 nitrogen and oxygen atoms in total. The molecule has 1 saturated carbocycles. The summed E-state index contributed by atoms with van der Waals surface area (Å²) in [6, 6.07) is 0.673. The van der Waals surface area contributed by atoms with Crippen LogP contribution in [-0.2, 0) is 10.0 Å². The Balaban J connectivity index is 1.71. The maximum absolute atomic E-state index is 12.8. The van der Waals surface area contributed by atoms with Crippen LogP contribution >= 0.6 is 0 Å². The molecule has 1 aliphatic heterocycles. The highest BCUT2D eigenvalue weighted by atomic mass is 32.2. The van der Waals surface area contributed by atoms with E-state index in [1.54, 1.807) is 18.2 Å². The lowest BCUT2D eigenvalue weighted by atomic mass is 10.2. The second-order valence-electron chi connectivity index (χ2n) is 6.14. The third-order valence-electron chi connectivity index (χ3n) is 4.77. The smallest absolute Gasteiger partial charge is 0.246 e. The van der Waals surface area contributed by atoms with E-state index in [0.29, 0.717) is 35.4 Å². The van der Waals surface area contributed by atoms with Gasteiger partial charge in [0.1, 0.15) is 4.90 Å². The minimum absolute atomic E-state index is 0.358. The first-order valence-corrected chi connectivity index (χ1v) is 9.20. The number of hydrogen-bond donors (Lipinski definition) is 1. The fourth-order valence-corrected chi connectivity index (χ4v) is 5.38. The SMILES string of the molecule is Cc1n[nH]c(C)c1S(=O)(=O)N1CCN(C2CCCC2)CC1. The summed E-state index contributed by atoms with van der Waals surface area (Å²) in [5.41, 5.74) is 1.19. The maximum Gasteiger partial charge on any atom is 0.246 e. The van der Waals surface area contributed by atoms with Crippen molar-refractivity contribution in [1.29, 1.82) is 0 Å². The van der Waals surface area contributed by atoms with Gasteiger partial charge in [-0.3, -0.25) is 10.00 Å². The number of aromatic nitrogens is 2. The highest BCUT2D eigenvalue weighted by molar-refractivity contribution is 7.89. The molecule has 2 heterocycles. The lowest BCUT2D eigenvalue weighted by Gasteiger charge is -2.37. The first-order chi connectivity index (χ1) is 10.00. The minimum Gasteiger partial charge on any atom is -0.298 e. The number of nitrogens with zero attached hydrogens (tertiary/aromatic N) is 3. The molecular formula is C14H24N4O2S. The molecule has 0 amide bonds. The van der Waals surface area contributed by atoms with Crippen molar-refractivity contribution in [2.75, 3.05) is 26.2 Å². The lowest BCUT2D eigenvalue weighted by molar-refractivity contribution is 0.139. The highest BCUT2D eigenvalue weighted by Gasteiger charge is 2.34. The minimum atomic E-state index is -3.41. The largest absolute Gasteiger partial charge is 0.298 e. The van der Waals surface area contributed by atoms with Crippen molar-refractivity contribution in [1.82, 2.24) is 19.4 Å². The fraction of sp³-hybridized carbons (Fsp3) is 0.786. The van der Waals surface area contributed by atoms with Crippen LogP contribution in [0.15, 0.2) is 4.90 Å². The molecule has 1 aromatic heterocycles. The Kier molecular flexibility index (Phi) is 4.07. The van der Waals surface area contributed by atoms with Gasteiger partial charge >= 0.3 is 0 Å². The molecule has 0 spiro atoms. The number of aromatic amines is 1. The van der Waals surface area contributed by atoms with Gasteiger partial charge in [0.2, 0.25) is 10.0 Å². The molecule has 0 bridgehead atoms. The van der Waals surface area contributed by atoms with E-state index in [-0.39, 0.29) is 0 Å². The van der Waals surface area contributed by atoms with Crippen LogP contribution in [0.5, 0.6) is 0 Å². The average Bonchev–Trinajstić information content (AvgIpc) is 3.09. The molecule has 2 aliphatic rings. The predicted molar refractivity (Wildman–Crippen MR) is 80.6 cm³/mol. The summed E-state index contributed by atoms with van der Waals surface area (Å²) in [4.78, 5) is 2.82. The van der Waals surface area contributed by atoms with Crippen LogP contribution in [0.25, 0.3) is 0 Å². The van der Waals surface area contributed by atoms with Crippen LogP contribution in [0, 0.1) is 13.8 Å². The number of piperazine rings is 1. The van der Waals surface area contributed by atoms with Crippen molar-refractivity contribution in [3.05, 3.63) is 11.4 Å². The molecule has 7 heteroatoms. The summed E-state index contributed by atoms with van der Waals surface area (Å²) in [5.74, 6) is 0. The molecule has 0 aromatic carbocycles. The molecule has 0 unspecified atom stereocenters. The van der Waals surface area contributed by atoms with Gasteiger partial charge in [0, 0.05) is 32.2 Å². The third-order valence-corrected chi connectivity index (χ3v) is 6.94. The first kappa shape index (κ1) is 15.0. The third kappa shape index (κ3) is 2.74. The zero-order valence-electron chi connectivity index (χ0n) is 12.8. The molecule has 21 heavy (non-hydrogen) atoms. The summed E-state index contributed by atoms with van der Waals surface area (Å²) in [5, 5.41) is 6.78. The lowest BCUT2D eigenvalue weighted by Crippen LogP contribution is -2.51. The van der Waals surface area contributed by atoms with Crippen molar-refractivity contribution >= 4 is 10.0 Å². The Morgan fingerprint density at radius 3 is 2.24 bits per heavy atom. The Labute approximate surface area is 126 Å². The first-order valence-electron chi connectivity index (χ1n) is 7.76. The van der Waals surface area contributed by atoms with Crippen LogP contribution in [0.3, 0.4) is 0 Å². The van der Waals surface area contributed by atoms with Gasteiger partial charge in [-0.15, -0.1) is 0 Å². The molecule has 2 fully saturated rings. The predicted octanol–water partition coefficient (Wildman–Crippen LogP) is 1.28. The number of hydrogen-bond acceptors (Lipinski definition) is 4. The fourth-order valence-electron chi connectivity index (χ4n) is 3.63. The summed E-state index contributed by atoms with van der Waals surface area (Å²) in [6.07, 6.45) is 5.17. The zero-order valence-corrected chi connectivity index (χ0v) is 13.6. The maximum atomic E-state index is 12.8. The summed E-state index contributed by atoms with van der Waals surface area (Å²) in [7, 11) is -3.41. The van der Waals surface area contributed by atoms with Gasteiger partial charge < -0.3 is 0 Å². The Hall–Kier alpha value is -0.920. The quantitative estimate of drug-likeness (QED) is 0.913. The number of aryl methyl sites for hydroxylation is 2. The Morgan fingerprint density at radius 2 is 1.71 bits per heavy atom. The van der Waals surface area contributed by atoms with Gasteiger partial charge in [-0.25, -0.2) is 8.42 Å². The van der Waals surface area contributed by atoms with Crippen molar-refractivity contribution in [2.45, 2.75) is 50.5 Å². The van der Waals surface area contributed by atoms with Crippen molar-refractivity contribution in [2.24, 2.45) is 0 Å². The monoisotopic (exact) mass is 312 g/mol. The van der Waals surface area contributed by atoms with E-state index in [1.807, 2.05) is 0 Å². The molecule has 1 aromatic rings. The van der Waals surface area contributed by atoms with Crippen LogP contribution < -0.4 is 0 Å². The Morgan fingerprint density at radius 1 is 1.10 bits per heavy atom. The molecule has 1 saturated heterocycles. The van der Waals surface area contributed by atoms with Crippen molar-refractivity contribution in [3.63, 3.8) is 0 Å². The topological polar surface area (TPSA) is 69.3 Å². The normalized spacial score (nSPS) is 23.0. The summed E-state index contributed by atoms with van der Waals surface area (Å²) in [6.45, 7) is 6.37. The number of rotatable bonds is 3. The van der Waals surface area contributed by atoms with E-state index < -0.39 is 10.0 Å². The molecule has 1 aliphatic carbocycles. The number of H-pyrrole nitrogens is 1. The van der Waals surface area contributed by atoms with Crippen LogP contribution in [0.1, 0.15) is 37.1 Å². The van der Waals surface area contributed by atoms with Gasteiger partial charge in [-0.2, -0.15) is 9.40 Å². The van der Waals surface area contributed by atoms with E-state index in [0.717, 1.165) is 13.1 Å². The second kappa shape index (κ2) is 5.70. The van der Waals surface area contributed by atoms with Gasteiger partial charge in [-0.05, 0) is 26.7 Å². The van der Waals surface area contributed by atoms with Gasteiger partial charge in [0.05, 0.1) is 11.4 Å². The molecule has 0 atom stereocenters. The number of nitrogens with one attached hydrogen (secondary N) is 1. The van der Waals surface area contributed by atoms with Crippen molar-refractivity contribution in [3.8, 4) is 0 Å². The molecule has 118 valence electrons. The average molecular weight is 312 g/mol. The second-order valence-corrected chi connectivity index (χ2v) is 8.02. The van der Waals surface area contributed by atoms with E-state index in [1.165, 1.54) is 25.7 Å². The molecular weight excluding hydrogens is 288 g/mol. The van der Waals surface area contributed by atoms with Crippen LogP contribution in [-0.4, -0.2) is 60.0 Å². The summed E-state index contributed by atoms with van der Waals surface area (Å²) >= 11 is 0. The standard InChI is InChI=1S/C14H24N4O2S/c1-11-14(12(2)16-15-11)21(19,20)18-9-7-17(8-10-18)13-5-3-4-6-13/h13H,3-10H2,1-2H3,(H,15,16). The van der Waals surface area contributed by atoms with Crippen LogP contribution in [0.4, 0.5) is 0 Å². The zero-order chi connectivity index (χ0) is 15.0. The molecule has 0 radical (unpaired) electrons. The van der Waals surface area contributed by atoms with Crippen LogP contribution in [0.2, 0.25) is 0 Å². The summed E-state index contributed by atoms with van der Waals surface area (Å²) < 4.78 is 27.1. The van der Waals surface area contributed by atoms with E-state index in [4.69, 9.17) is 0 Å². The van der Waals surface area contributed by atoms with E-state index in [9.17, 15) is 8.42 Å². The highest BCUT2D eigenvalue weighted by Crippen LogP contribution is 2.27. The molecule has 3 rings (SSSR count). The van der Waals surface area contributed by atoms with E-state index in [2.05, 4.69) is 15.1 Å². The molecule has 1 N–H and O–H groups in total. The van der Waals surface area contributed by atoms with Gasteiger partial charge in [-0.1, -0.05) is 12.8 Å². The van der Waals surface area contributed by atoms with Gasteiger partial charge in [0.25, 0.3) is 0 Å². The van der Waals surface area contributed by atoms with E-state index >= 15 is 0 Å².